The summed E-state index contributed by atoms with van der Waals surface area (Å²) in [7, 11) is 1.20. The van der Waals surface area contributed by atoms with Crippen molar-refractivity contribution in [3.05, 3.63) is 0 Å². The predicted octanol–water partition coefficient (Wildman–Crippen LogP) is 1.31. The molecule has 0 aliphatic carbocycles. The molecule has 0 aromatic heterocycles. The summed E-state index contributed by atoms with van der Waals surface area (Å²) in [6, 6.07) is -0.889. The fraction of sp³-hybridized carbons (Fsp3) is 0.769. The van der Waals surface area contributed by atoms with Crippen LogP contribution in [0.4, 0.5) is 9.59 Å². The minimum Gasteiger partial charge on any atom is -0.453 e. The van der Waals surface area contributed by atoms with Crippen molar-refractivity contribution < 1.29 is 23.9 Å². The van der Waals surface area contributed by atoms with Gasteiger partial charge in [-0.2, -0.15) is 0 Å². The number of alkyl carbamates (subject to hydrolysis) is 1. The van der Waals surface area contributed by atoms with Gasteiger partial charge < -0.3 is 14.8 Å². The Bertz CT molecular complexity index is 396. The molecule has 0 radical (unpaired) electrons. The third kappa shape index (κ3) is 8.01. The van der Waals surface area contributed by atoms with Crippen molar-refractivity contribution in [2.24, 2.45) is 5.41 Å². The van der Waals surface area contributed by atoms with Crippen molar-refractivity contribution in [3.63, 3.8) is 0 Å². The summed E-state index contributed by atoms with van der Waals surface area (Å²) in [6.07, 6.45) is -1.52. The quantitative estimate of drug-likeness (QED) is 0.667. The van der Waals surface area contributed by atoms with E-state index < -0.39 is 35.2 Å². The second-order valence-corrected chi connectivity index (χ2v) is 6.55. The van der Waals surface area contributed by atoms with Gasteiger partial charge in [-0.3, -0.25) is 10.2 Å². The molecule has 8 heteroatoms. The Morgan fingerprint density at radius 3 is 1.81 bits per heavy atom. The summed E-state index contributed by atoms with van der Waals surface area (Å²) in [6.45, 7) is 10.4. The van der Waals surface area contributed by atoms with E-state index in [-0.39, 0.29) is 0 Å². The minimum absolute atomic E-state index is 0.576. The van der Waals surface area contributed by atoms with Gasteiger partial charge in [0.25, 0.3) is 5.91 Å². The van der Waals surface area contributed by atoms with Crippen molar-refractivity contribution in [3.8, 4) is 0 Å². The third-order valence-corrected chi connectivity index (χ3v) is 2.26. The molecule has 0 bridgehead atoms. The second kappa shape index (κ2) is 7.14. The zero-order valence-corrected chi connectivity index (χ0v) is 13.6. The van der Waals surface area contributed by atoms with Gasteiger partial charge in [0.15, 0.2) is 0 Å². The number of methoxy groups -OCH3 is 1. The van der Waals surface area contributed by atoms with Crippen LogP contribution < -0.4 is 16.2 Å². The molecule has 122 valence electrons. The van der Waals surface area contributed by atoms with E-state index in [2.05, 4.69) is 20.9 Å². The third-order valence-electron chi connectivity index (χ3n) is 2.26. The molecule has 1 atom stereocenters. The normalized spacial score (nSPS) is 12.9. The van der Waals surface area contributed by atoms with Gasteiger partial charge in [-0.05, 0) is 26.2 Å². The first-order valence-electron chi connectivity index (χ1n) is 6.50. The lowest BCUT2D eigenvalue weighted by Gasteiger charge is -2.29. The minimum atomic E-state index is -0.889. The van der Waals surface area contributed by atoms with E-state index in [0.717, 1.165) is 0 Å². The Morgan fingerprint density at radius 2 is 1.43 bits per heavy atom. The first kappa shape index (κ1) is 19.0. The molecule has 0 aromatic carbocycles. The lowest BCUT2D eigenvalue weighted by Crippen LogP contribution is -2.57. The van der Waals surface area contributed by atoms with Crippen LogP contribution in [-0.2, 0) is 14.3 Å². The molecule has 0 spiro atoms. The molecule has 8 nitrogen and oxygen atoms in total. The highest BCUT2D eigenvalue weighted by atomic mass is 16.6. The lowest BCUT2D eigenvalue weighted by molar-refractivity contribution is -0.126. The predicted molar refractivity (Wildman–Crippen MR) is 76.3 cm³/mol. The standard InChI is InChI=1S/C13H25N3O5/c1-12(2,3)8(14-10(18)20-7)9(17)15-16-11(19)21-13(4,5)6/h8H,1-7H3,(H,14,18)(H,15,17)(H,16,19)/t8-/m1/s1. The molecule has 21 heavy (non-hydrogen) atoms. The van der Waals surface area contributed by atoms with Crippen LogP contribution >= 0.6 is 0 Å². The van der Waals surface area contributed by atoms with Gasteiger partial charge in [0.05, 0.1) is 7.11 Å². The van der Waals surface area contributed by atoms with E-state index in [1.807, 2.05) is 0 Å². The van der Waals surface area contributed by atoms with E-state index in [0.29, 0.717) is 0 Å². The number of nitrogens with one attached hydrogen (secondary N) is 3. The molecule has 3 N–H and O–H groups in total. The maximum Gasteiger partial charge on any atom is 0.426 e. The van der Waals surface area contributed by atoms with Crippen molar-refractivity contribution in [2.75, 3.05) is 7.11 Å². The molecule has 0 heterocycles. The Balaban J connectivity index is 4.63. The summed E-state index contributed by atoms with van der Waals surface area (Å²) >= 11 is 0. The second-order valence-electron chi connectivity index (χ2n) is 6.55. The maximum atomic E-state index is 12.1. The van der Waals surface area contributed by atoms with Gasteiger partial charge in [-0.1, -0.05) is 20.8 Å². The number of carbonyl (C=O) groups is 3. The molecule has 0 rings (SSSR count). The molecule has 3 amide bonds. The SMILES string of the molecule is COC(=O)N[C@H](C(=O)NNC(=O)OC(C)(C)C)C(C)(C)C. The summed E-state index contributed by atoms with van der Waals surface area (Å²) in [5.41, 5.74) is 3.08. The van der Waals surface area contributed by atoms with Gasteiger partial charge >= 0.3 is 12.2 Å². The van der Waals surface area contributed by atoms with E-state index in [1.54, 1.807) is 41.5 Å². The van der Waals surface area contributed by atoms with Crippen molar-refractivity contribution in [1.29, 1.82) is 0 Å². The average Bonchev–Trinajstić information content (AvgIpc) is 2.29. The van der Waals surface area contributed by atoms with Crippen LogP contribution in [-0.4, -0.2) is 36.8 Å². The Kier molecular flexibility index (Phi) is 6.47. The van der Waals surface area contributed by atoms with E-state index >= 15 is 0 Å². The molecule has 0 aliphatic heterocycles. The number of hydrogen-bond donors (Lipinski definition) is 3. The summed E-state index contributed by atoms with van der Waals surface area (Å²) < 4.78 is 9.45. The van der Waals surface area contributed by atoms with Crippen LogP contribution in [0, 0.1) is 5.41 Å². The number of hydrazine groups is 1. The van der Waals surface area contributed by atoms with Crippen molar-refractivity contribution in [1.82, 2.24) is 16.2 Å². The number of ether oxygens (including phenoxy) is 2. The Morgan fingerprint density at radius 1 is 0.905 bits per heavy atom. The van der Waals surface area contributed by atoms with E-state index in [4.69, 9.17) is 4.74 Å². The van der Waals surface area contributed by atoms with Gasteiger partial charge in [-0.15, -0.1) is 0 Å². The summed E-state index contributed by atoms with van der Waals surface area (Å²) in [5, 5.41) is 2.41. The molecule has 0 aromatic rings. The van der Waals surface area contributed by atoms with Crippen LogP contribution in [0.25, 0.3) is 0 Å². The molecule has 0 unspecified atom stereocenters. The van der Waals surface area contributed by atoms with Gasteiger partial charge in [0.1, 0.15) is 11.6 Å². The highest BCUT2D eigenvalue weighted by molar-refractivity contribution is 5.87. The fourth-order valence-electron chi connectivity index (χ4n) is 1.34. The fourth-order valence-corrected chi connectivity index (χ4v) is 1.34. The number of carbonyl (C=O) groups excluding carboxylic acids is 3. The van der Waals surface area contributed by atoms with Crippen LogP contribution in [0.2, 0.25) is 0 Å². The highest BCUT2D eigenvalue weighted by Gasteiger charge is 2.33. The van der Waals surface area contributed by atoms with Gasteiger partial charge in [0, 0.05) is 0 Å². The number of hydrogen-bond acceptors (Lipinski definition) is 5. The monoisotopic (exact) mass is 303 g/mol. The average molecular weight is 303 g/mol. The molecule has 0 fully saturated rings. The largest absolute Gasteiger partial charge is 0.453 e. The van der Waals surface area contributed by atoms with Crippen LogP contribution in [0.5, 0.6) is 0 Å². The van der Waals surface area contributed by atoms with Crippen LogP contribution in [0.15, 0.2) is 0 Å². The first-order valence-corrected chi connectivity index (χ1v) is 6.50. The van der Waals surface area contributed by atoms with E-state index in [1.165, 1.54) is 7.11 Å². The lowest BCUT2D eigenvalue weighted by atomic mass is 9.86. The maximum absolute atomic E-state index is 12.1. The summed E-state index contributed by atoms with van der Waals surface area (Å²) in [4.78, 5) is 34.8. The van der Waals surface area contributed by atoms with Gasteiger partial charge in [-0.25, -0.2) is 15.0 Å². The van der Waals surface area contributed by atoms with Gasteiger partial charge in [0.2, 0.25) is 0 Å². The molecular weight excluding hydrogens is 278 g/mol. The van der Waals surface area contributed by atoms with Crippen LogP contribution in [0.3, 0.4) is 0 Å². The Hall–Kier alpha value is -1.99. The topological polar surface area (TPSA) is 106 Å². The van der Waals surface area contributed by atoms with E-state index in [9.17, 15) is 14.4 Å². The number of rotatable bonds is 2. The first-order chi connectivity index (χ1) is 9.36. The zero-order chi connectivity index (χ0) is 16.8. The number of amides is 3. The highest BCUT2D eigenvalue weighted by Crippen LogP contribution is 2.19. The zero-order valence-electron chi connectivity index (χ0n) is 13.6. The van der Waals surface area contributed by atoms with Crippen molar-refractivity contribution >= 4 is 18.1 Å². The molecule has 0 saturated carbocycles. The molecule has 0 saturated heterocycles. The molecule has 0 aliphatic rings. The van der Waals surface area contributed by atoms with Crippen molar-refractivity contribution in [2.45, 2.75) is 53.2 Å². The van der Waals surface area contributed by atoms with Crippen LogP contribution in [0.1, 0.15) is 41.5 Å². The Labute approximate surface area is 124 Å². The molecular formula is C13H25N3O5. The summed E-state index contributed by atoms with van der Waals surface area (Å²) in [5.74, 6) is -0.584. The smallest absolute Gasteiger partial charge is 0.426 e.